The Balaban J connectivity index is 5.49. The Labute approximate surface area is 430 Å². The van der Waals surface area contributed by atoms with Gasteiger partial charge in [0.2, 0.25) is 5.91 Å². The van der Waals surface area contributed by atoms with E-state index in [1.807, 2.05) is 39.4 Å². The fourth-order valence-corrected chi connectivity index (χ4v) is 8.16. The van der Waals surface area contributed by atoms with Crippen molar-refractivity contribution in [1.82, 2.24) is 5.32 Å². The minimum Gasteiger partial charge on any atom is -0.456 e. The lowest BCUT2D eigenvalue weighted by molar-refractivity contribution is -0.870. The second-order valence-electron chi connectivity index (χ2n) is 19.7. The first-order chi connectivity index (χ1) is 33.9. The number of phosphoric ester groups is 1. The van der Waals surface area contributed by atoms with Crippen LogP contribution in [0.3, 0.4) is 0 Å². The number of carbonyl (C=O) groups is 2. The van der Waals surface area contributed by atoms with E-state index in [4.69, 9.17) is 13.8 Å². The van der Waals surface area contributed by atoms with Crippen molar-refractivity contribution in [3.63, 3.8) is 0 Å². The number of nitrogens with zero attached hydrogens (tertiary/aromatic N) is 1. The Morgan fingerprint density at radius 2 is 0.929 bits per heavy atom. The number of ether oxygens (including phenoxy) is 1. The molecule has 0 aliphatic heterocycles. The zero-order valence-electron chi connectivity index (χ0n) is 45.7. The van der Waals surface area contributed by atoms with Crippen LogP contribution < -0.4 is 5.32 Å². The van der Waals surface area contributed by atoms with E-state index < -0.39 is 20.0 Å². The number of hydrogen-bond acceptors (Lipinski definition) is 6. The first-order valence-electron chi connectivity index (χ1n) is 28.1. The topological polar surface area (TPSA) is 111 Å². The van der Waals surface area contributed by atoms with Crippen molar-refractivity contribution >= 4 is 19.7 Å². The van der Waals surface area contributed by atoms with Crippen LogP contribution in [0.1, 0.15) is 220 Å². The third kappa shape index (κ3) is 49.9. The molecule has 0 aromatic rings. The van der Waals surface area contributed by atoms with E-state index in [1.54, 1.807) is 0 Å². The van der Waals surface area contributed by atoms with Crippen LogP contribution in [0.5, 0.6) is 0 Å². The summed E-state index contributed by atoms with van der Waals surface area (Å²) in [4.78, 5) is 37.5. The Bertz CT molecular complexity index is 1520. The van der Waals surface area contributed by atoms with Crippen LogP contribution in [0.25, 0.3) is 0 Å². The average molecular weight is 998 g/mol. The lowest BCUT2D eigenvalue weighted by atomic mass is 10.1. The predicted molar refractivity (Wildman–Crippen MR) is 300 cm³/mol. The fraction of sp³-hybridized carbons (Fsp3) is 0.700. The molecule has 9 nitrogen and oxygen atoms in total. The number of likely N-dealkylation sites (N-methyl/N-ethyl adjacent to an activating group) is 1. The van der Waals surface area contributed by atoms with Crippen molar-refractivity contribution < 1.29 is 37.3 Å². The SMILES string of the molecule is CC/C=C\C/C=C\C/C=C\C/C=C\C/C=C\CCCCCC(=O)OC(/C=C\CCCCCCCCCCCC)C(COP(=O)(O)OCC[N+](C)(C)C)NC(=O)CC/C=C/C/C=C\CCCCCCCC. The number of allylic oxidation sites excluding steroid dienone is 15. The number of esters is 1. The monoisotopic (exact) mass is 998 g/mol. The van der Waals surface area contributed by atoms with Gasteiger partial charge >= 0.3 is 13.8 Å². The number of nitrogens with one attached hydrogen (secondary N) is 1. The Morgan fingerprint density at radius 3 is 1.40 bits per heavy atom. The van der Waals surface area contributed by atoms with Gasteiger partial charge in [-0.3, -0.25) is 18.6 Å². The smallest absolute Gasteiger partial charge is 0.456 e. The van der Waals surface area contributed by atoms with Gasteiger partial charge in [-0.25, -0.2) is 4.57 Å². The molecule has 0 heterocycles. The highest BCUT2D eigenvalue weighted by Crippen LogP contribution is 2.43. The van der Waals surface area contributed by atoms with Crippen LogP contribution in [-0.4, -0.2) is 74.3 Å². The standard InChI is InChI=1S/C60H105N2O7P/c1-7-10-13-16-19-22-25-28-29-30-31-32-33-35-38-41-44-47-50-53-60(64)69-58(51-48-45-42-39-36-27-24-21-18-15-12-9-3)57(56-68-70(65,66)67-55-54-62(4,5)6)61-59(63)52-49-46-43-40-37-34-26-23-20-17-14-11-8-2/h10,13,19,22,28-29,31-32,34-35,37-38,43,46,48,51,57-58H,7-9,11-12,14-18,20-21,23-27,30,33,36,39-42,44-45,47,49-50,52-56H2,1-6H3,(H-,61,63,65,66)/p+1/b13-10-,22-19-,29-28-,32-31-,37-34-,38-35-,46-43+,51-48-. The molecule has 0 radical (unpaired) electrons. The molecule has 0 spiro atoms. The summed E-state index contributed by atoms with van der Waals surface area (Å²) < 4.78 is 30.5. The van der Waals surface area contributed by atoms with Crippen molar-refractivity contribution in [2.75, 3.05) is 40.9 Å². The molecule has 0 aromatic heterocycles. The minimum absolute atomic E-state index is 0.0210. The largest absolute Gasteiger partial charge is 0.472 e. The van der Waals surface area contributed by atoms with Gasteiger partial charge in [0.05, 0.1) is 33.8 Å². The molecule has 402 valence electrons. The molecule has 0 aliphatic carbocycles. The third-order valence-electron chi connectivity index (χ3n) is 11.8. The fourth-order valence-electron chi connectivity index (χ4n) is 7.43. The molecule has 0 aromatic carbocycles. The summed E-state index contributed by atoms with van der Waals surface area (Å²) in [7, 11) is 1.43. The second-order valence-corrected chi connectivity index (χ2v) is 21.2. The number of quaternary nitrogens is 1. The molecule has 0 fully saturated rings. The molecule has 3 atom stereocenters. The Morgan fingerprint density at radius 1 is 0.514 bits per heavy atom. The lowest BCUT2D eigenvalue weighted by Gasteiger charge is -2.27. The summed E-state index contributed by atoms with van der Waals surface area (Å²) in [5.74, 6) is -0.628. The first kappa shape index (κ1) is 66.9. The van der Waals surface area contributed by atoms with E-state index in [0.717, 1.165) is 83.5 Å². The van der Waals surface area contributed by atoms with Gasteiger partial charge in [0, 0.05) is 12.8 Å². The van der Waals surface area contributed by atoms with Crippen molar-refractivity contribution in [2.24, 2.45) is 0 Å². The summed E-state index contributed by atoms with van der Waals surface area (Å²) in [6.07, 6.45) is 65.6. The van der Waals surface area contributed by atoms with Crippen LogP contribution in [0, 0.1) is 0 Å². The molecule has 70 heavy (non-hydrogen) atoms. The highest BCUT2D eigenvalue weighted by atomic mass is 31.2. The van der Waals surface area contributed by atoms with Gasteiger partial charge in [-0.05, 0) is 96.0 Å². The quantitative estimate of drug-likeness (QED) is 0.0205. The molecule has 0 saturated heterocycles. The Kier molecular flexibility index (Phi) is 47.3. The third-order valence-corrected chi connectivity index (χ3v) is 12.8. The summed E-state index contributed by atoms with van der Waals surface area (Å²) in [6, 6.07) is -0.896. The summed E-state index contributed by atoms with van der Waals surface area (Å²) in [5.41, 5.74) is 0. The first-order valence-corrected chi connectivity index (χ1v) is 29.6. The molecular formula is C60H106N2O7P+. The van der Waals surface area contributed by atoms with E-state index >= 15 is 0 Å². The van der Waals surface area contributed by atoms with Crippen LogP contribution in [-0.2, 0) is 27.9 Å². The van der Waals surface area contributed by atoms with Crippen molar-refractivity contribution in [3.8, 4) is 0 Å². The van der Waals surface area contributed by atoms with Gasteiger partial charge in [0.15, 0.2) is 0 Å². The molecule has 10 heteroatoms. The molecule has 0 saturated carbocycles. The molecule has 2 N–H and O–H groups in total. The normalized spacial score (nSPS) is 14.6. The van der Waals surface area contributed by atoms with Crippen LogP contribution in [0.15, 0.2) is 97.2 Å². The highest BCUT2D eigenvalue weighted by molar-refractivity contribution is 7.47. The van der Waals surface area contributed by atoms with E-state index in [2.05, 4.69) is 105 Å². The van der Waals surface area contributed by atoms with Crippen molar-refractivity contribution in [3.05, 3.63) is 97.2 Å². The molecule has 0 bridgehead atoms. The van der Waals surface area contributed by atoms with Crippen molar-refractivity contribution in [1.29, 1.82) is 0 Å². The van der Waals surface area contributed by atoms with Crippen LogP contribution >= 0.6 is 7.82 Å². The second kappa shape index (κ2) is 49.5. The summed E-state index contributed by atoms with van der Waals surface area (Å²) >= 11 is 0. The van der Waals surface area contributed by atoms with Crippen LogP contribution in [0.4, 0.5) is 0 Å². The number of phosphoric acid groups is 1. The zero-order valence-corrected chi connectivity index (χ0v) is 46.6. The summed E-state index contributed by atoms with van der Waals surface area (Å²) in [5, 5.41) is 2.99. The number of hydrogen-bond donors (Lipinski definition) is 2. The number of carbonyl (C=O) groups excluding carboxylic acids is 2. The number of rotatable bonds is 49. The molecule has 3 unspecified atom stereocenters. The van der Waals surface area contributed by atoms with Crippen molar-refractivity contribution in [2.45, 2.75) is 232 Å². The van der Waals surface area contributed by atoms with E-state index in [9.17, 15) is 19.0 Å². The van der Waals surface area contributed by atoms with Gasteiger partial charge in [-0.2, -0.15) is 0 Å². The van der Waals surface area contributed by atoms with Gasteiger partial charge in [-0.15, -0.1) is 0 Å². The summed E-state index contributed by atoms with van der Waals surface area (Å²) in [6.45, 7) is 6.80. The van der Waals surface area contributed by atoms with Gasteiger partial charge < -0.3 is 19.4 Å². The van der Waals surface area contributed by atoms with E-state index in [1.165, 1.54) is 89.9 Å². The van der Waals surface area contributed by atoms with Crippen LogP contribution in [0.2, 0.25) is 0 Å². The molecule has 0 aliphatic rings. The number of unbranched alkanes of at least 4 members (excludes halogenated alkanes) is 19. The van der Waals surface area contributed by atoms with Gasteiger partial charge in [-0.1, -0.05) is 208 Å². The lowest BCUT2D eigenvalue weighted by Crippen LogP contribution is -2.47. The molecule has 1 amide bonds. The number of amides is 1. The van der Waals surface area contributed by atoms with Gasteiger partial charge in [0.1, 0.15) is 19.3 Å². The predicted octanol–water partition coefficient (Wildman–Crippen LogP) is 16.8. The van der Waals surface area contributed by atoms with E-state index in [-0.39, 0.29) is 37.9 Å². The minimum atomic E-state index is -4.47. The van der Waals surface area contributed by atoms with E-state index in [0.29, 0.717) is 23.9 Å². The zero-order chi connectivity index (χ0) is 51.5. The maximum Gasteiger partial charge on any atom is 0.472 e. The highest BCUT2D eigenvalue weighted by Gasteiger charge is 2.30. The Hall–Kier alpha value is -3.07. The molecule has 0 rings (SSSR count). The maximum atomic E-state index is 13.4. The average Bonchev–Trinajstić information content (AvgIpc) is 3.32. The van der Waals surface area contributed by atoms with Gasteiger partial charge in [0.25, 0.3) is 0 Å². The molecular weight excluding hydrogens is 892 g/mol. The maximum absolute atomic E-state index is 13.4.